The van der Waals surface area contributed by atoms with E-state index in [4.69, 9.17) is 28.4 Å². The van der Waals surface area contributed by atoms with Gasteiger partial charge in [-0.2, -0.15) is 0 Å². The van der Waals surface area contributed by atoms with Gasteiger partial charge in [0, 0.05) is 6.92 Å². The minimum absolute atomic E-state index is 0.175. The third-order valence-corrected chi connectivity index (χ3v) is 3.80. The quantitative estimate of drug-likeness (QED) is 0.668. The van der Waals surface area contributed by atoms with Gasteiger partial charge in [-0.15, -0.1) is 0 Å². The van der Waals surface area contributed by atoms with Crippen LogP contribution in [0, 0.1) is 0 Å². The van der Waals surface area contributed by atoms with Crippen molar-refractivity contribution >= 4 is 5.97 Å². The fraction of sp³-hybridized carbons (Fsp3) is 0.929. The highest BCUT2D eigenvalue weighted by atomic mass is 16.9. The van der Waals surface area contributed by atoms with E-state index >= 15 is 0 Å². The Kier molecular flexibility index (Phi) is 3.35. The maximum Gasteiger partial charge on any atom is 0.303 e. The maximum atomic E-state index is 11.5. The Morgan fingerprint density at radius 3 is 2.38 bits per heavy atom. The molecule has 0 saturated carbocycles. The third-order valence-electron chi connectivity index (χ3n) is 3.80. The van der Waals surface area contributed by atoms with Gasteiger partial charge in [-0.05, 0) is 27.7 Å². The first-order valence-electron chi connectivity index (χ1n) is 7.13. The SMILES string of the molecule is CC(=O)O[C@H]1C2OC(C)(C)OCC2OC12COC(C)(C)O2. The Morgan fingerprint density at radius 2 is 1.81 bits per heavy atom. The van der Waals surface area contributed by atoms with Gasteiger partial charge < -0.3 is 28.4 Å². The minimum atomic E-state index is -1.14. The second-order valence-electron chi connectivity index (χ2n) is 6.58. The lowest BCUT2D eigenvalue weighted by atomic mass is 10.0. The molecule has 0 aliphatic carbocycles. The van der Waals surface area contributed by atoms with Crippen LogP contribution in [0.1, 0.15) is 34.6 Å². The number of fused-ring (bicyclic) bond motifs is 1. The lowest BCUT2D eigenvalue weighted by Crippen LogP contribution is -2.53. The van der Waals surface area contributed by atoms with E-state index in [0.717, 1.165) is 0 Å². The predicted octanol–water partition coefficient (Wildman–Crippen LogP) is 0.948. The first kappa shape index (κ1) is 15.2. The zero-order chi connectivity index (χ0) is 15.5. The van der Waals surface area contributed by atoms with Gasteiger partial charge in [0.05, 0.1) is 6.61 Å². The minimum Gasteiger partial charge on any atom is -0.454 e. The number of ether oxygens (including phenoxy) is 6. The average Bonchev–Trinajstić information content (AvgIpc) is 2.78. The number of esters is 1. The Labute approximate surface area is 123 Å². The Bertz CT molecular complexity index is 445. The maximum absolute atomic E-state index is 11.5. The summed E-state index contributed by atoms with van der Waals surface area (Å²) in [6.45, 7) is 9.09. The van der Waals surface area contributed by atoms with Crippen LogP contribution < -0.4 is 0 Å². The molecule has 0 bridgehead atoms. The van der Waals surface area contributed by atoms with Crippen molar-refractivity contribution in [1.29, 1.82) is 0 Å². The van der Waals surface area contributed by atoms with Crippen LogP contribution in [0.5, 0.6) is 0 Å². The van der Waals surface area contributed by atoms with Gasteiger partial charge in [0.1, 0.15) is 18.8 Å². The lowest BCUT2D eigenvalue weighted by Gasteiger charge is -2.38. The third kappa shape index (κ3) is 2.68. The van der Waals surface area contributed by atoms with Crippen molar-refractivity contribution in [2.45, 2.75) is 70.3 Å². The van der Waals surface area contributed by atoms with E-state index in [2.05, 4.69) is 0 Å². The Hall–Kier alpha value is -0.730. The standard InChI is InChI=1S/C14H22O7/c1-8(15)18-11-10-9(6-16-12(2,3)20-10)19-14(11)7-17-13(4,5)21-14/h9-11H,6-7H2,1-5H3/t9?,10?,11-,14?/m0/s1. The molecular weight excluding hydrogens is 280 g/mol. The molecule has 3 heterocycles. The van der Waals surface area contributed by atoms with Crippen LogP contribution in [0.2, 0.25) is 0 Å². The predicted molar refractivity (Wildman–Crippen MR) is 69.2 cm³/mol. The van der Waals surface area contributed by atoms with Gasteiger partial charge in [0.2, 0.25) is 5.79 Å². The number of hydrogen-bond donors (Lipinski definition) is 0. The molecule has 120 valence electrons. The van der Waals surface area contributed by atoms with E-state index in [1.165, 1.54) is 6.92 Å². The molecule has 0 radical (unpaired) electrons. The molecule has 7 nitrogen and oxygen atoms in total. The number of rotatable bonds is 1. The fourth-order valence-electron chi connectivity index (χ4n) is 3.03. The molecule has 3 fully saturated rings. The molecule has 3 unspecified atom stereocenters. The van der Waals surface area contributed by atoms with Crippen molar-refractivity contribution < 1.29 is 33.2 Å². The summed E-state index contributed by atoms with van der Waals surface area (Å²) in [5.41, 5.74) is 0. The lowest BCUT2D eigenvalue weighted by molar-refractivity contribution is -0.304. The summed E-state index contributed by atoms with van der Waals surface area (Å²) in [7, 11) is 0. The molecule has 1 spiro atoms. The molecule has 0 aromatic carbocycles. The summed E-state index contributed by atoms with van der Waals surface area (Å²) in [4.78, 5) is 11.5. The molecule has 4 atom stereocenters. The van der Waals surface area contributed by atoms with Gasteiger partial charge >= 0.3 is 5.97 Å². The van der Waals surface area contributed by atoms with Gasteiger partial charge in [0.25, 0.3) is 0 Å². The molecule has 0 N–H and O–H groups in total. The van der Waals surface area contributed by atoms with Crippen LogP contribution in [0.4, 0.5) is 0 Å². The van der Waals surface area contributed by atoms with E-state index in [-0.39, 0.29) is 12.7 Å². The molecule has 0 aromatic heterocycles. The number of hydrogen-bond acceptors (Lipinski definition) is 7. The largest absolute Gasteiger partial charge is 0.454 e. The van der Waals surface area contributed by atoms with Crippen LogP contribution in [-0.2, 0) is 33.2 Å². The molecule has 3 aliphatic heterocycles. The second-order valence-corrected chi connectivity index (χ2v) is 6.58. The number of carbonyl (C=O) groups is 1. The van der Waals surface area contributed by atoms with Gasteiger partial charge in [-0.25, -0.2) is 0 Å². The molecule has 7 heteroatoms. The van der Waals surface area contributed by atoms with Crippen molar-refractivity contribution in [3.8, 4) is 0 Å². The van der Waals surface area contributed by atoms with Gasteiger partial charge in [-0.1, -0.05) is 0 Å². The van der Waals surface area contributed by atoms with Crippen molar-refractivity contribution in [2.75, 3.05) is 13.2 Å². The molecule has 0 aromatic rings. The van der Waals surface area contributed by atoms with E-state index in [1.54, 1.807) is 13.8 Å². The highest BCUT2D eigenvalue weighted by Gasteiger charge is 2.66. The van der Waals surface area contributed by atoms with E-state index < -0.39 is 35.5 Å². The highest BCUT2D eigenvalue weighted by Crippen LogP contribution is 2.46. The van der Waals surface area contributed by atoms with Crippen LogP contribution in [0.15, 0.2) is 0 Å². The van der Waals surface area contributed by atoms with Crippen molar-refractivity contribution in [3.63, 3.8) is 0 Å². The van der Waals surface area contributed by atoms with Gasteiger partial charge in [-0.3, -0.25) is 4.79 Å². The summed E-state index contributed by atoms with van der Waals surface area (Å²) in [5.74, 6) is -3.12. The monoisotopic (exact) mass is 302 g/mol. The summed E-state index contributed by atoms with van der Waals surface area (Å²) in [5, 5.41) is 0. The van der Waals surface area contributed by atoms with Crippen molar-refractivity contribution in [1.82, 2.24) is 0 Å². The number of carbonyl (C=O) groups excluding carboxylic acids is 1. The Morgan fingerprint density at radius 1 is 1.10 bits per heavy atom. The molecule has 3 saturated heterocycles. The summed E-state index contributed by atoms with van der Waals surface area (Å²) < 4.78 is 34.5. The molecule has 3 rings (SSSR count). The summed E-state index contributed by atoms with van der Waals surface area (Å²) >= 11 is 0. The van der Waals surface area contributed by atoms with Gasteiger partial charge in [0.15, 0.2) is 17.7 Å². The van der Waals surface area contributed by atoms with Crippen LogP contribution >= 0.6 is 0 Å². The topological polar surface area (TPSA) is 72.5 Å². The average molecular weight is 302 g/mol. The van der Waals surface area contributed by atoms with E-state index in [1.807, 2.05) is 13.8 Å². The van der Waals surface area contributed by atoms with Crippen molar-refractivity contribution in [2.24, 2.45) is 0 Å². The molecular formula is C14H22O7. The zero-order valence-electron chi connectivity index (χ0n) is 13.0. The summed E-state index contributed by atoms with van der Waals surface area (Å²) in [6, 6.07) is 0. The van der Waals surface area contributed by atoms with Crippen LogP contribution in [-0.4, -0.2) is 54.9 Å². The normalized spacial score (nSPS) is 43.8. The van der Waals surface area contributed by atoms with Crippen molar-refractivity contribution in [3.05, 3.63) is 0 Å². The summed E-state index contributed by atoms with van der Waals surface area (Å²) in [6.07, 6.45) is -1.50. The van der Waals surface area contributed by atoms with E-state index in [0.29, 0.717) is 6.61 Å². The molecule has 21 heavy (non-hydrogen) atoms. The smallest absolute Gasteiger partial charge is 0.303 e. The second kappa shape index (κ2) is 4.63. The first-order chi connectivity index (χ1) is 9.63. The van der Waals surface area contributed by atoms with Crippen LogP contribution in [0.25, 0.3) is 0 Å². The van der Waals surface area contributed by atoms with E-state index in [9.17, 15) is 4.79 Å². The Balaban J connectivity index is 1.89. The fourth-order valence-corrected chi connectivity index (χ4v) is 3.03. The van der Waals surface area contributed by atoms with Crippen LogP contribution in [0.3, 0.4) is 0 Å². The zero-order valence-corrected chi connectivity index (χ0v) is 13.0. The highest BCUT2D eigenvalue weighted by molar-refractivity contribution is 5.66. The molecule has 0 amide bonds. The molecule has 3 aliphatic rings. The first-order valence-corrected chi connectivity index (χ1v) is 7.13.